The Morgan fingerprint density at radius 1 is 1.38 bits per heavy atom. The molecule has 1 aliphatic rings. The van der Waals surface area contributed by atoms with Crippen molar-refractivity contribution in [2.75, 3.05) is 6.54 Å². The molecule has 0 saturated heterocycles. The molecule has 0 aliphatic heterocycles. The van der Waals surface area contributed by atoms with Crippen LogP contribution in [0.15, 0.2) is 24.3 Å². The summed E-state index contributed by atoms with van der Waals surface area (Å²) in [6.07, 6.45) is 4.00. The largest absolute Gasteiger partial charge is 0.356 e. The zero-order valence-electron chi connectivity index (χ0n) is 9.21. The van der Waals surface area contributed by atoms with Crippen LogP contribution >= 0.6 is 11.6 Å². The number of rotatable bonds is 5. The molecule has 0 aromatic heterocycles. The second kappa shape index (κ2) is 5.35. The number of carbonyl (C=O) groups excluding carboxylic acids is 1. The zero-order chi connectivity index (χ0) is 11.4. The number of aryl methyl sites for hydroxylation is 1. The minimum Gasteiger partial charge on any atom is -0.356 e. The van der Waals surface area contributed by atoms with Crippen molar-refractivity contribution in [3.8, 4) is 0 Å². The second-order valence-electron chi connectivity index (χ2n) is 4.26. The van der Waals surface area contributed by atoms with Gasteiger partial charge in [0.15, 0.2) is 0 Å². The highest BCUT2D eigenvalue weighted by molar-refractivity contribution is 6.31. The number of amides is 1. The maximum absolute atomic E-state index is 11.3. The lowest BCUT2D eigenvalue weighted by molar-refractivity contribution is -0.122. The lowest BCUT2D eigenvalue weighted by Gasteiger charge is -2.05. The monoisotopic (exact) mass is 237 g/mol. The first-order valence-corrected chi connectivity index (χ1v) is 6.16. The molecular formula is C13H16ClNO. The molecule has 2 rings (SSSR count). The summed E-state index contributed by atoms with van der Waals surface area (Å²) >= 11 is 6.04. The van der Waals surface area contributed by atoms with Gasteiger partial charge in [0.05, 0.1) is 0 Å². The minimum absolute atomic E-state index is 0.221. The molecule has 0 spiro atoms. The van der Waals surface area contributed by atoms with E-state index in [2.05, 4.69) is 5.32 Å². The molecule has 1 fully saturated rings. The zero-order valence-corrected chi connectivity index (χ0v) is 9.96. The molecule has 1 aromatic rings. The summed E-state index contributed by atoms with van der Waals surface area (Å²) < 4.78 is 0. The molecule has 1 amide bonds. The first-order chi connectivity index (χ1) is 7.77. The lowest BCUT2D eigenvalue weighted by atomic mass is 10.1. The predicted molar refractivity (Wildman–Crippen MR) is 65.5 cm³/mol. The van der Waals surface area contributed by atoms with Crippen LogP contribution in [0.1, 0.15) is 24.8 Å². The van der Waals surface area contributed by atoms with Crippen molar-refractivity contribution in [3.63, 3.8) is 0 Å². The van der Waals surface area contributed by atoms with E-state index in [0.717, 1.165) is 42.8 Å². The fourth-order valence-electron chi connectivity index (χ4n) is 1.68. The van der Waals surface area contributed by atoms with Crippen LogP contribution in [-0.2, 0) is 11.2 Å². The second-order valence-corrected chi connectivity index (χ2v) is 4.67. The van der Waals surface area contributed by atoms with Gasteiger partial charge < -0.3 is 5.32 Å². The highest BCUT2D eigenvalue weighted by atomic mass is 35.5. The lowest BCUT2D eigenvalue weighted by Crippen LogP contribution is -2.26. The van der Waals surface area contributed by atoms with Gasteiger partial charge in [-0.2, -0.15) is 0 Å². The Kier molecular flexibility index (Phi) is 3.83. The Morgan fingerprint density at radius 3 is 2.81 bits per heavy atom. The Hall–Kier alpha value is -1.02. The Balaban J connectivity index is 1.67. The van der Waals surface area contributed by atoms with Crippen LogP contribution in [0.2, 0.25) is 5.02 Å². The van der Waals surface area contributed by atoms with Crippen LogP contribution in [0.3, 0.4) is 0 Å². The van der Waals surface area contributed by atoms with Crippen molar-refractivity contribution < 1.29 is 4.79 Å². The van der Waals surface area contributed by atoms with E-state index in [-0.39, 0.29) is 5.91 Å². The van der Waals surface area contributed by atoms with Crippen LogP contribution in [0, 0.1) is 5.92 Å². The number of benzene rings is 1. The number of nitrogens with one attached hydrogen (secondary N) is 1. The smallest absolute Gasteiger partial charge is 0.223 e. The van der Waals surface area contributed by atoms with Gasteiger partial charge in [-0.15, -0.1) is 0 Å². The van der Waals surface area contributed by atoms with Gasteiger partial charge in [-0.3, -0.25) is 4.79 Å². The van der Waals surface area contributed by atoms with Crippen LogP contribution in [0.5, 0.6) is 0 Å². The number of hydrogen-bond donors (Lipinski definition) is 1. The minimum atomic E-state index is 0.221. The van der Waals surface area contributed by atoms with Crippen molar-refractivity contribution in [3.05, 3.63) is 34.9 Å². The highest BCUT2D eigenvalue weighted by Gasteiger charge is 2.28. The van der Waals surface area contributed by atoms with E-state index in [1.54, 1.807) is 0 Å². The molecule has 0 unspecified atom stereocenters. The first-order valence-electron chi connectivity index (χ1n) is 5.78. The highest BCUT2D eigenvalue weighted by Crippen LogP contribution is 2.28. The summed E-state index contributed by atoms with van der Waals surface area (Å²) in [5.41, 5.74) is 1.16. The van der Waals surface area contributed by atoms with E-state index < -0.39 is 0 Å². The van der Waals surface area contributed by atoms with Gasteiger partial charge in [-0.05, 0) is 37.3 Å². The van der Waals surface area contributed by atoms with Gasteiger partial charge >= 0.3 is 0 Å². The SMILES string of the molecule is O=C(NCCCc1ccccc1Cl)C1CC1. The maximum atomic E-state index is 11.3. The van der Waals surface area contributed by atoms with Gasteiger partial charge in [0, 0.05) is 17.5 Å². The van der Waals surface area contributed by atoms with Gasteiger partial charge in [0.25, 0.3) is 0 Å². The average molecular weight is 238 g/mol. The molecule has 16 heavy (non-hydrogen) atoms. The molecule has 1 aromatic carbocycles. The van der Waals surface area contributed by atoms with Gasteiger partial charge in [-0.1, -0.05) is 29.8 Å². The van der Waals surface area contributed by atoms with E-state index >= 15 is 0 Å². The van der Waals surface area contributed by atoms with Crippen molar-refractivity contribution in [2.45, 2.75) is 25.7 Å². The van der Waals surface area contributed by atoms with Crippen LogP contribution < -0.4 is 5.32 Å². The number of hydrogen-bond acceptors (Lipinski definition) is 1. The number of halogens is 1. The predicted octanol–water partition coefficient (Wildman–Crippen LogP) is 2.80. The standard InChI is InChI=1S/C13H16ClNO/c14-12-6-2-1-4-10(12)5-3-9-15-13(16)11-7-8-11/h1-2,4,6,11H,3,5,7-9H2,(H,15,16). The van der Waals surface area contributed by atoms with Crippen molar-refractivity contribution in [1.29, 1.82) is 0 Å². The van der Waals surface area contributed by atoms with Gasteiger partial charge in [-0.25, -0.2) is 0 Å². The van der Waals surface area contributed by atoms with Crippen molar-refractivity contribution in [1.82, 2.24) is 5.32 Å². The van der Waals surface area contributed by atoms with Gasteiger partial charge in [0.2, 0.25) is 5.91 Å². The molecule has 1 N–H and O–H groups in total. The molecule has 0 atom stereocenters. The molecule has 1 saturated carbocycles. The Morgan fingerprint density at radius 2 is 2.12 bits per heavy atom. The van der Waals surface area contributed by atoms with Crippen LogP contribution in [-0.4, -0.2) is 12.5 Å². The summed E-state index contributed by atoms with van der Waals surface area (Å²) in [6, 6.07) is 7.86. The third-order valence-corrected chi connectivity index (χ3v) is 3.20. The molecule has 3 heteroatoms. The average Bonchev–Trinajstić information content (AvgIpc) is 3.10. The fraction of sp³-hybridized carbons (Fsp3) is 0.462. The summed E-state index contributed by atoms with van der Waals surface area (Å²) in [5.74, 6) is 0.527. The summed E-state index contributed by atoms with van der Waals surface area (Å²) in [4.78, 5) is 11.3. The third kappa shape index (κ3) is 3.24. The van der Waals surface area contributed by atoms with Crippen LogP contribution in [0.4, 0.5) is 0 Å². The van der Waals surface area contributed by atoms with Crippen molar-refractivity contribution >= 4 is 17.5 Å². The summed E-state index contributed by atoms with van der Waals surface area (Å²) in [7, 11) is 0. The molecule has 0 radical (unpaired) electrons. The molecule has 1 aliphatic carbocycles. The normalized spacial score (nSPS) is 14.8. The van der Waals surface area contributed by atoms with E-state index in [9.17, 15) is 4.79 Å². The molecule has 86 valence electrons. The van der Waals surface area contributed by atoms with E-state index in [4.69, 9.17) is 11.6 Å². The van der Waals surface area contributed by atoms with E-state index in [1.165, 1.54) is 0 Å². The molecule has 0 heterocycles. The maximum Gasteiger partial charge on any atom is 0.223 e. The fourth-order valence-corrected chi connectivity index (χ4v) is 1.91. The topological polar surface area (TPSA) is 29.1 Å². The Bertz CT molecular complexity index is 374. The molecular weight excluding hydrogens is 222 g/mol. The van der Waals surface area contributed by atoms with E-state index in [1.807, 2.05) is 24.3 Å². The summed E-state index contributed by atoms with van der Waals surface area (Å²) in [5, 5.41) is 3.77. The number of carbonyl (C=O) groups is 1. The van der Waals surface area contributed by atoms with Crippen LogP contribution in [0.25, 0.3) is 0 Å². The quantitative estimate of drug-likeness (QED) is 0.784. The molecule has 2 nitrogen and oxygen atoms in total. The van der Waals surface area contributed by atoms with E-state index in [0.29, 0.717) is 5.92 Å². The Labute approximate surface area is 101 Å². The van der Waals surface area contributed by atoms with Gasteiger partial charge in [0.1, 0.15) is 0 Å². The first kappa shape index (κ1) is 11.5. The van der Waals surface area contributed by atoms with Crippen molar-refractivity contribution in [2.24, 2.45) is 5.92 Å². The third-order valence-electron chi connectivity index (χ3n) is 2.83. The molecule has 0 bridgehead atoms. The summed E-state index contributed by atoms with van der Waals surface area (Å²) in [6.45, 7) is 0.751.